The van der Waals surface area contributed by atoms with E-state index in [0.717, 1.165) is 0 Å². The Morgan fingerprint density at radius 1 is 1.15 bits per heavy atom. The van der Waals surface area contributed by atoms with Crippen LogP contribution in [0.15, 0.2) is 30.3 Å². The fraction of sp³-hybridized carbons (Fsp3) is 0.154. The molecule has 0 aliphatic rings. The van der Waals surface area contributed by atoms with Gasteiger partial charge in [0.1, 0.15) is 5.75 Å². The molecule has 2 rings (SSSR count). The average Bonchev–Trinajstić information content (AvgIpc) is 2.46. The number of benzene rings is 1. The number of phenolic OH excluding ortho intramolecular Hbond substituents is 1. The average molecular weight is 275 g/mol. The van der Waals surface area contributed by atoms with E-state index in [0.29, 0.717) is 0 Å². The quantitative estimate of drug-likeness (QED) is 0.877. The van der Waals surface area contributed by atoms with E-state index in [-0.39, 0.29) is 29.0 Å². The van der Waals surface area contributed by atoms with Gasteiger partial charge in [0, 0.05) is 5.56 Å². The smallest absolute Gasteiger partial charge is 0.258 e. The maximum atomic E-state index is 12.0. The lowest BCUT2D eigenvalue weighted by Crippen LogP contribution is -2.14. The van der Waals surface area contributed by atoms with Gasteiger partial charge >= 0.3 is 0 Å². The lowest BCUT2D eigenvalue weighted by atomic mass is 10.2. The summed E-state index contributed by atoms with van der Waals surface area (Å²) in [6.07, 6.45) is 0. The lowest BCUT2D eigenvalue weighted by Gasteiger charge is -2.07. The van der Waals surface area contributed by atoms with Crippen molar-refractivity contribution in [3.05, 3.63) is 35.9 Å². The van der Waals surface area contributed by atoms with Crippen molar-refractivity contribution in [2.24, 2.45) is 0 Å². The van der Waals surface area contributed by atoms with Gasteiger partial charge in [-0.15, -0.1) is 0 Å². The molecule has 0 bridgehead atoms. The minimum atomic E-state index is -0.448. The van der Waals surface area contributed by atoms with Crippen LogP contribution in [0.2, 0.25) is 0 Å². The van der Waals surface area contributed by atoms with Crippen LogP contribution in [0.3, 0.4) is 0 Å². The highest BCUT2D eigenvalue weighted by Crippen LogP contribution is 2.18. The molecule has 7 heteroatoms. The number of amides is 1. The fourth-order valence-electron chi connectivity index (χ4n) is 1.49. The molecule has 1 heterocycles. The highest BCUT2D eigenvalue weighted by Gasteiger charge is 2.11. The molecule has 0 unspecified atom stereocenters. The molecule has 104 valence electrons. The Hall–Kier alpha value is -2.83. The summed E-state index contributed by atoms with van der Waals surface area (Å²) >= 11 is 0. The van der Waals surface area contributed by atoms with Crippen LogP contribution in [0.1, 0.15) is 10.4 Å². The Balaban J connectivity index is 2.23. The second kappa shape index (κ2) is 5.87. The molecule has 7 nitrogen and oxygen atoms in total. The molecule has 0 aliphatic heterocycles. The number of nitrogens with one attached hydrogen (secondary N) is 1. The zero-order valence-electron chi connectivity index (χ0n) is 11.0. The Morgan fingerprint density at radius 2 is 1.80 bits per heavy atom. The summed E-state index contributed by atoms with van der Waals surface area (Å²) < 4.78 is 9.96. The summed E-state index contributed by atoms with van der Waals surface area (Å²) in [5.41, 5.74) is 0.287. The predicted octanol–water partition coefficient (Wildman–Crippen LogP) is 1.45. The van der Waals surface area contributed by atoms with Gasteiger partial charge in [-0.2, -0.15) is 9.97 Å². The molecule has 0 fully saturated rings. The summed E-state index contributed by atoms with van der Waals surface area (Å²) in [5, 5.41) is 11.8. The number of carbonyl (C=O) groups excluding carboxylic acids is 1. The molecule has 2 N–H and O–H groups in total. The van der Waals surface area contributed by atoms with Gasteiger partial charge in [0.2, 0.25) is 17.7 Å². The van der Waals surface area contributed by atoms with Gasteiger partial charge in [0.25, 0.3) is 5.91 Å². The molecule has 1 aromatic carbocycles. The Kier molecular flexibility index (Phi) is 3.99. The highest BCUT2D eigenvalue weighted by atomic mass is 16.5. The lowest BCUT2D eigenvalue weighted by molar-refractivity contribution is 0.102. The van der Waals surface area contributed by atoms with Gasteiger partial charge in [-0.3, -0.25) is 10.1 Å². The van der Waals surface area contributed by atoms with E-state index in [1.165, 1.54) is 32.4 Å². The van der Waals surface area contributed by atoms with Crippen LogP contribution in [0.5, 0.6) is 17.5 Å². The number of carbonyl (C=O) groups is 1. The Labute approximate surface area is 115 Å². The van der Waals surface area contributed by atoms with Crippen molar-refractivity contribution in [3.63, 3.8) is 0 Å². The zero-order valence-corrected chi connectivity index (χ0v) is 11.0. The van der Waals surface area contributed by atoms with Crippen molar-refractivity contribution in [2.45, 2.75) is 0 Å². The number of anilines is 1. The summed E-state index contributed by atoms with van der Waals surface area (Å²) in [6, 6.07) is 7.43. The van der Waals surface area contributed by atoms with Gasteiger partial charge in [-0.1, -0.05) is 6.07 Å². The van der Waals surface area contributed by atoms with E-state index in [9.17, 15) is 9.90 Å². The largest absolute Gasteiger partial charge is 0.508 e. The molecule has 0 radical (unpaired) electrons. The van der Waals surface area contributed by atoms with Crippen molar-refractivity contribution in [1.82, 2.24) is 9.97 Å². The monoisotopic (exact) mass is 275 g/mol. The maximum absolute atomic E-state index is 12.0. The minimum absolute atomic E-state index is 0.00166. The predicted molar refractivity (Wildman–Crippen MR) is 71.2 cm³/mol. The van der Waals surface area contributed by atoms with Crippen LogP contribution < -0.4 is 14.8 Å². The number of hydrogen-bond donors (Lipinski definition) is 2. The van der Waals surface area contributed by atoms with Crippen LogP contribution in [-0.2, 0) is 0 Å². The first-order chi connectivity index (χ1) is 9.62. The van der Waals surface area contributed by atoms with Gasteiger partial charge < -0.3 is 14.6 Å². The van der Waals surface area contributed by atoms with E-state index in [2.05, 4.69) is 15.3 Å². The minimum Gasteiger partial charge on any atom is -0.508 e. The molecular formula is C13H13N3O4. The highest BCUT2D eigenvalue weighted by molar-refractivity contribution is 6.03. The SMILES string of the molecule is COc1cc(OC)nc(NC(=O)c2cccc(O)c2)n1. The molecule has 1 aromatic heterocycles. The molecule has 1 amide bonds. The van der Waals surface area contributed by atoms with Crippen LogP contribution >= 0.6 is 0 Å². The normalized spacial score (nSPS) is 9.90. The second-order valence-corrected chi connectivity index (χ2v) is 3.78. The standard InChI is InChI=1S/C13H13N3O4/c1-19-10-7-11(20-2)15-13(14-10)16-12(18)8-4-3-5-9(17)6-8/h3-7,17H,1-2H3,(H,14,15,16,18). The number of hydrogen-bond acceptors (Lipinski definition) is 6. The topological polar surface area (TPSA) is 93.6 Å². The number of methoxy groups -OCH3 is 2. The Morgan fingerprint density at radius 3 is 2.35 bits per heavy atom. The third-order valence-electron chi connectivity index (χ3n) is 2.43. The van der Waals surface area contributed by atoms with Crippen LogP contribution in [-0.4, -0.2) is 35.2 Å². The summed E-state index contributed by atoms with van der Waals surface area (Å²) in [6.45, 7) is 0. The van der Waals surface area contributed by atoms with Crippen molar-refractivity contribution in [2.75, 3.05) is 19.5 Å². The van der Waals surface area contributed by atoms with Crippen molar-refractivity contribution in [1.29, 1.82) is 0 Å². The van der Waals surface area contributed by atoms with Gasteiger partial charge in [-0.25, -0.2) is 0 Å². The van der Waals surface area contributed by atoms with Gasteiger partial charge in [0.05, 0.1) is 20.3 Å². The van der Waals surface area contributed by atoms with E-state index < -0.39 is 5.91 Å². The van der Waals surface area contributed by atoms with Crippen LogP contribution in [0.4, 0.5) is 5.95 Å². The number of aromatic hydroxyl groups is 1. The van der Waals surface area contributed by atoms with E-state index in [1.807, 2.05) is 0 Å². The molecule has 2 aromatic rings. The molecular weight excluding hydrogens is 262 g/mol. The van der Waals surface area contributed by atoms with Gasteiger partial charge in [0.15, 0.2) is 0 Å². The van der Waals surface area contributed by atoms with E-state index in [4.69, 9.17) is 9.47 Å². The Bertz CT molecular complexity index is 609. The number of ether oxygens (including phenoxy) is 2. The molecule has 0 spiro atoms. The third-order valence-corrected chi connectivity index (χ3v) is 2.43. The number of aromatic nitrogens is 2. The van der Waals surface area contributed by atoms with Crippen LogP contribution in [0.25, 0.3) is 0 Å². The summed E-state index contributed by atoms with van der Waals surface area (Å²) in [7, 11) is 2.89. The van der Waals surface area contributed by atoms with E-state index >= 15 is 0 Å². The first-order valence-electron chi connectivity index (χ1n) is 5.70. The summed E-state index contributed by atoms with van der Waals surface area (Å²) in [4.78, 5) is 19.9. The first kappa shape index (κ1) is 13.6. The molecule has 20 heavy (non-hydrogen) atoms. The second-order valence-electron chi connectivity index (χ2n) is 3.78. The molecule has 0 saturated heterocycles. The van der Waals surface area contributed by atoms with Crippen molar-refractivity contribution in [3.8, 4) is 17.5 Å². The number of nitrogens with zero attached hydrogens (tertiary/aromatic N) is 2. The van der Waals surface area contributed by atoms with Crippen LogP contribution in [0, 0.1) is 0 Å². The number of rotatable bonds is 4. The summed E-state index contributed by atoms with van der Waals surface area (Å²) in [5.74, 6) is 0.138. The van der Waals surface area contributed by atoms with E-state index in [1.54, 1.807) is 12.1 Å². The fourth-order valence-corrected chi connectivity index (χ4v) is 1.49. The van der Waals surface area contributed by atoms with Gasteiger partial charge in [-0.05, 0) is 18.2 Å². The maximum Gasteiger partial charge on any atom is 0.258 e. The number of phenols is 1. The molecule has 0 aliphatic carbocycles. The zero-order chi connectivity index (χ0) is 14.5. The van der Waals surface area contributed by atoms with Crippen molar-refractivity contribution < 1.29 is 19.4 Å². The third kappa shape index (κ3) is 3.14. The van der Waals surface area contributed by atoms with Crippen molar-refractivity contribution >= 4 is 11.9 Å². The molecule has 0 atom stereocenters. The first-order valence-corrected chi connectivity index (χ1v) is 5.70. The molecule has 0 saturated carbocycles.